The van der Waals surface area contributed by atoms with Crippen molar-refractivity contribution in [3.8, 4) is 0 Å². The molecule has 2 N–H and O–H groups in total. The molecule has 0 spiro atoms. The summed E-state index contributed by atoms with van der Waals surface area (Å²) in [5.74, 6) is 0.671. The van der Waals surface area contributed by atoms with Gasteiger partial charge in [0.05, 0.1) is 5.56 Å². The second kappa shape index (κ2) is 10.5. The average molecular weight is 427 g/mol. The summed E-state index contributed by atoms with van der Waals surface area (Å²) in [6, 6.07) is 5.17. The minimum Gasteiger partial charge on any atom is -0.357 e. The van der Waals surface area contributed by atoms with Gasteiger partial charge in [-0.05, 0) is 31.0 Å². The molecule has 124 valence electrons. The lowest BCUT2D eigenvalue weighted by atomic mass is 10.1. The first kappa shape index (κ1) is 20.8. The molecule has 0 atom stereocenters. The average Bonchev–Trinajstić information content (AvgIpc) is 2.44. The van der Waals surface area contributed by atoms with Crippen LogP contribution in [0.15, 0.2) is 41.9 Å². The van der Waals surface area contributed by atoms with Gasteiger partial charge in [0.25, 0.3) is 0 Å². The van der Waals surface area contributed by atoms with Crippen LogP contribution in [0.2, 0.25) is 0 Å². The minimum absolute atomic E-state index is 0. The number of hydrogen-bond donors (Lipinski definition) is 2. The van der Waals surface area contributed by atoms with Crippen molar-refractivity contribution in [3.63, 3.8) is 0 Å². The predicted molar refractivity (Wildman–Crippen MR) is 94.7 cm³/mol. The normalized spacial score (nSPS) is 11.5. The highest BCUT2D eigenvalue weighted by Crippen LogP contribution is 2.29. The zero-order valence-corrected chi connectivity index (χ0v) is 14.7. The molecule has 1 aromatic carbocycles. The van der Waals surface area contributed by atoms with E-state index in [1.54, 1.807) is 6.08 Å². The first-order valence-electron chi connectivity index (χ1n) is 6.76. The van der Waals surface area contributed by atoms with Gasteiger partial charge in [-0.25, -0.2) is 0 Å². The highest BCUT2D eigenvalue weighted by Gasteiger charge is 2.29. The van der Waals surface area contributed by atoms with Crippen LogP contribution in [-0.4, -0.2) is 25.6 Å². The molecule has 3 nitrogen and oxygen atoms in total. The van der Waals surface area contributed by atoms with Crippen molar-refractivity contribution in [1.82, 2.24) is 10.6 Å². The summed E-state index contributed by atoms with van der Waals surface area (Å²) < 4.78 is 37.3. The van der Waals surface area contributed by atoms with Crippen LogP contribution in [0, 0.1) is 0 Å². The van der Waals surface area contributed by atoms with E-state index in [1.807, 2.05) is 6.92 Å². The first-order chi connectivity index (χ1) is 9.97. The van der Waals surface area contributed by atoms with E-state index < -0.39 is 11.7 Å². The zero-order valence-electron chi connectivity index (χ0n) is 12.4. The van der Waals surface area contributed by atoms with Crippen LogP contribution >= 0.6 is 24.0 Å². The molecule has 22 heavy (non-hydrogen) atoms. The summed E-state index contributed by atoms with van der Waals surface area (Å²) in [5.41, 5.74) is 0.196. The van der Waals surface area contributed by atoms with Crippen LogP contribution < -0.4 is 10.6 Å². The Labute approximate surface area is 146 Å². The van der Waals surface area contributed by atoms with E-state index in [-0.39, 0.29) is 24.0 Å². The summed E-state index contributed by atoms with van der Waals surface area (Å²) in [5, 5.41) is 6.13. The fourth-order valence-corrected chi connectivity index (χ4v) is 1.67. The SMILES string of the molecule is C=CCNC(=NCCc1ccc(C(F)(F)F)cc1)NCC.I. The molecule has 0 unspecified atom stereocenters. The number of benzene rings is 1. The van der Waals surface area contributed by atoms with Crippen molar-refractivity contribution in [2.45, 2.75) is 19.5 Å². The first-order valence-corrected chi connectivity index (χ1v) is 6.76. The van der Waals surface area contributed by atoms with Gasteiger partial charge in [0, 0.05) is 19.6 Å². The van der Waals surface area contributed by atoms with E-state index in [0.717, 1.165) is 24.2 Å². The largest absolute Gasteiger partial charge is 0.416 e. The number of alkyl halides is 3. The van der Waals surface area contributed by atoms with Crippen molar-refractivity contribution in [3.05, 3.63) is 48.0 Å². The molecule has 0 heterocycles. The number of guanidine groups is 1. The Kier molecular flexibility index (Phi) is 9.88. The number of rotatable bonds is 6. The second-order valence-electron chi connectivity index (χ2n) is 4.37. The molecule has 0 aliphatic heterocycles. The van der Waals surface area contributed by atoms with E-state index in [4.69, 9.17) is 0 Å². The van der Waals surface area contributed by atoms with Crippen LogP contribution in [0.4, 0.5) is 13.2 Å². The van der Waals surface area contributed by atoms with Crippen molar-refractivity contribution >= 4 is 29.9 Å². The van der Waals surface area contributed by atoms with Gasteiger partial charge in [-0.2, -0.15) is 13.2 Å². The van der Waals surface area contributed by atoms with Gasteiger partial charge < -0.3 is 10.6 Å². The number of nitrogens with zero attached hydrogens (tertiary/aromatic N) is 1. The van der Waals surface area contributed by atoms with E-state index in [2.05, 4.69) is 22.2 Å². The topological polar surface area (TPSA) is 36.4 Å². The van der Waals surface area contributed by atoms with Gasteiger partial charge in [-0.15, -0.1) is 30.6 Å². The zero-order chi connectivity index (χ0) is 15.7. The lowest BCUT2D eigenvalue weighted by Gasteiger charge is -2.09. The molecule has 0 bridgehead atoms. The Morgan fingerprint density at radius 3 is 2.36 bits per heavy atom. The second-order valence-corrected chi connectivity index (χ2v) is 4.37. The molecule has 0 aromatic heterocycles. The maximum Gasteiger partial charge on any atom is 0.416 e. The fourth-order valence-electron chi connectivity index (χ4n) is 1.67. The van der Waals surface area contributed by atoms with Gasteiger partial charge in [-0.3, -0.25) is 4.99 Å². The third-order valence-corrected chi connectivity index (χ3v) is 2.71. The maximum atomic E-state index is 12.4. The van der Waals surface area contributed by atoms with Gasteiger partial charge in [0.2, 0.25) is 0 Å². The molecule has 0 aliphatic carbocycles. The van der Waals surface area contributed by atoms with Crippen molar-refractivity contribution in [2.24, 2.45) is 4.99 Å². The fraction of sp³-hybridized carbons (Fsp3) is 0.400. The smallest absolute Gasteiger partial charge is 0.357 e. The maximum absolute atomic E-state index is 12.4. The Morgan fingerprint density at radius 1 is 1.23 bits per heavy atom. The minimum atomic E-state index is -4.29. The quantitative estimate of drug-likeness (QED) is 0.315. The molecule has 0 radical (unpaired) electrons. The molecule has 0 saturated heterocycles. The van der Waals surface area contributed by atoms with E-state index >= 15 is 0 Å². The Morgan fingerprint density at radius 2 is 1.86 bits per heavy atom. The van der Waals surface area contributed by atoms with Crippen LogP contribution in [0.3, 0.4) is 0 Å². The molecule has 0 saturated carbocycles. The Hall–Kier alpha value is -1.25. The van der Waals surface area contributed by atoms with Crippen LogP contribution in [0.5, 0.6) is 0 Å². The Balaban J connectivity index is 0.00000441. The third kappa shape index (κ3) is 7.67. The third-order valence-electron chi connectivity index (χ3n) is 2.71. The van der Waals surface area contributed by atoms with Gasteiger partial charge >= 0.3 is 6.18 Å². The van der Waals surface area contributed by atoms with Gasteiger partial charge in [-0.1, -0.05) is 18.2 Å². The van der Waals surface area contributed by atoms with Gasteiger partial charge in [0.15, 0.2) is 5.96 Å². The molecule has 1 aromatic rings. The Bertz CT molecular complexity index is 470. The summed E-state index contributed by atoms with van der Waals surface area (Å²) in [4.78, 5) is 4.34. The monoisotopic (exact) mass is 427 g/mol. The number of halogens is 4. The van der Waals surface area contributed by atoms with Crippen LogP contribution in [-0.2, 0) is 12.6 Å². The molecule has 0 aliphatic rings. The van der Waals surface area contributed by atoms with Crippen LogP contribution in [0.1, 0.15) is 18.1 Å². The van der Waals surface area contributed by atoms with E-state index in [1.165, 1.54) is 12.1 Å². The van der Waals surface area contributed by atoms with Gasteiger partial charge in [0.1, 0.15) is 0 Å². The summed E-state index contributed by atoms with van der Waals surface area (Å²) in [6.07, 6.45) is -1.98. The molecular formula is C15H21F3IN3. The van der Waals surface area contributed by atoms with Crippen molar-refractivity contribution in [2.75, 3.05) is 19.6 Å². The highest BCUT2D eigenvalue weighted by molar-refractivity contribution is 14.0. The van der Waals surface area contributed by atoms with Crippen LogP contribution in [0.25, 0.3) is 0 Å². The van der Waals surface area contributed by atoms with E-state index in [0.29, 0.717) is 25.5 Å². The molecule has 7 heteroatoms. The number of aliphatic imine (C=N–C) groups is 1. The van der Waals surface area contributed by atoms with Crippen molar-refractivity contribution < 1.29 is 13.2 Å². The number of hydrogen-bond acceptors (Lipinski definition) is 1. The molecule has 1 rings (SSSR count). The molecule has 0 fully saturated rings. The van der Waals surface area contributed by atoms with Crippen molar-refractivity contribution in [1.29, 1.82) is 0 Å². The summed E-state index contributed by atoms with van der Waals surface area (Å²) in [7, 11) is 0. The lowest BCUT2D eigenvalue weighted by Crippen LogP contribution is -2.37. The highest BCUT2D eigenvalue weighted by atomic mass is 127. The molecule has 0 amide bonds. The standard InChI is InChI=1S/C15H20F3N3.HI/c1-3-10-20-14(19-4-2)21-11-9-12-5-7-13(8-6-12)15(16,17)18;/h3,5-8H,1,4,9-11H2,2H3,(H2,19,20,21);1H. The lowest BCUT2D eigenvalue weighted by molar-refractivity contribution is -0.137. The predicted octanol–water partition coefficient (Wildman–Crippen LogP) is 3.61. The summed E-state index contributed by atoms with van der Waals surface area (Å²) in [6.45, 7) is 7.41. The number of nitrogens with one attached hydrogen (secondary N) is 2. The summed E-state index contributed by atoms with van der Waals surface area (Å²) >= 11 is 0. The van der Waals surface area contributed by atoms with E-state index in [9.17, 15) is 13.2 Å². The molecular weight excluding hydrogens is 406 g/mol.